The topological polar surface area (TPSA) is 35.5 Å². The molecule has 0 aromatic heterocycles. The zero-order valence-electron chi connectivity index (χ0n) is 7.76. The summed E-state index contributed by atoms with van der Waals surface area (Å²) in [5, 5.41) is 0. The lowest BCUT2D eigenvalue weighted by atomic mass is 10.2. The van der Waals surface area contributed by atoms with Gasteiger partial charge >= 0.3 is 5.97 Å². The van der Waals surface area contributed by atoms with E-state index in [1.807, 2.05) is 13.8 Å². The number of hydrogen-bond acceptors (Lipinski definition) is 3. The van der Waals surface area contributed by atoms with E-state index in [0.717, 1.165) is 12.8 Å². The van der Waals surface area contributed by atoms with Crippen molar-refractivity contribution in [1.82, 2.24) is 0 Å². The molecule has 0 saturated carbocycles. The summed E-state index contributed by atoms with van der Waals surface area (Å²) in [6.45, 7) is 7.92. The molecule has 12 heavy (non-hydrogen) atoms. The van der Waals surface area contributed by atoms with E-state index in [0.29, 0.717) is 18.6 Å². The van der Waals surface area contributed by atoms with Gasteiger partial charge in [-0.3, -0.25) is 4.89 Å². The Morgan fingerprint density at radius 1 is 1.33 bits per heavy atom. The molecule has 0 N–H and O–H groups in total. The number of rotatable bonds is 6. The third kappa shape index (κ3) is 4.91. The minimum Gasteiger partial charge on any atom is -0.293 e. The molecule has 0 unspecified atom stereocenters. The minimum absolute atomic E-state index is 0.436. The van der Waals surface area contributed by atoms with Crippen LogP contribution in [0.2, 0.25) is 0 Å². The Labute approximate surface area is 73.3 Å². The van der Waals surface area contributed by atoms with Crippen LogP contribution in [-0.2, 0) is 14.6 Å². The van der Waals surface area contributed by atoms with Crippen LogP contribution in [0.5, 0.6) is 0 Å². The molecule has 0 aliphatic heterocycles. The second-order valence-corrected chi connectivity index (χ2v) is 2.55. The fourth-order valence-corrected chi connectivity index (χ4v) is 0.641. The highest BCUT2D eigenvalue weighted by atomic mass is 17.2. The molecule has 70 valence electrons. The van der Waals surface area contributed by atoms with Gasteiger partial charge < -0.3 is 0 Å². The normalized spacial score (nSPS) is 9.50. The van der Waals surface area contributed by atoms with Gasteiger partial charge in [0.2, 0.25) is 0 Å². The first kappa shape index (κ1) is 11.2. The van der Waals surface area contributed by atoms with Gasteiger partial charge in [-0.05, 0) is 12.8 Å². The maximum absolute atomic E-state index is 11.0. The lowest BCUT2D eigenvalue weighted by Crippen LogP contribution is -2.08. The van der Waals surface area contributed by atoms with Crippen molar-refractivity contribution < 1.29 is 14.6 Å². The molecule has 0 aliphatic rings. The quantitative estimate of drug-likeness (QED) is 0.267. The predicted molar refractivity (Wildman–Crippen MR) is 46.4 cm³/mol. The molecule has 0 spiro atoms. The van der Waals surface area contributed by atoms with Gasteiger partial charge in [-0.2, -0.15) is 4.89 Å². The second-order valence-electron chi connectivity index (χ2n) is 2.55. The van der Waals surface area contributed by atoms with Crippen LogP contribution < -0.4 is 0 Å². The number of carbonyl (C=O) groups is 1. The maximum atomic E-state index is 11.0. The van der Waals surface area contributed by atoms with E-state index in [4.69, 9.17) is 0 Å². The summed E-state index contributed by atoms with van der Waals surface area (Å²) in [6.07, 6.45) is 2.38. The molecule has 0 radical (unpaired) electrons. The average Bonchev–Trinajstić information content (AvgIpc) is 2.05. The molecular formula is C9H16O3. The molecule has 3 nitrogen and oxygen atoms in total. The highest BCUT2D eigenvalue weighted by molar-refractivity contribution is 5.87. The third-order valence-electron chi connectivity index (χ3n) is 1.26. The lowest BCUT2D eigenvalue weighted by Gasteiger charge is -2.03. The molecule has 0 aliphatic carbocycles. The molecule has 0 bridgehead atoms. The van der Waals surface area contributed by atoms with Crippen molar-refractivity contribution in [1.29, 1.82) is 0 Å². The van der Waals surface area contributed by atoms with E-state index < -0.39 is 5.97 Å². The van der Waals surface area contributed by atoms with Crippen molar-refractivity contribution in [3.8, 4) is 0 Å². The molecule has 0 fully saturated rings. The zero-order valence-corrected chi connectivity index (χ0v) is 7.76. The van der Waals surface area contributed by atoms with E-state index in [2.05, 4.69) is 16.4 Å². The van der Waals surface area contributed by atoms with Gasteiger partial charge in [-0.25, -0.2) is 4.79 Å². The van der Waals surface area contributed by atoms with Crippen molar-refractivity contribution in [3.63, 3.8) is 0 Å². The molecule has 0 heterocycles. The van der Waals surface area contributed by atoms with Crippen LogP contribution in [0.3, 0.4) is 0 Å². The molecule has 0 atom stereocenters. The standard InChI is InChI=1S/C9H16O3/c1-4-6-8(3)9(10)12-11-7-5-2/h3-7H2,1-2H3. The second kappa shape index (κ2) is 6.85. The zero-order chi connectivity index (χ0) is 9.40. The van der Waals surface area contributed by atoms with E-state index in [9.17, 15) is 4.79 Å². The van der Waals surface area contributed by atoms with E-state index >= 15 is 0 Å². The summed E-state index contributed by atoms with van der Waals surface area (Å²) in [5.74, 6) is -0.453. The van der Waals surface area contributed by atoms with E-state index in [1.54, 1.807) is 0 Å². The van der Waals surface area contributed by atoms with E-state index in [-0.39, 0.29) is 0 Å². The summed E-state index contributed by atoms with van der Waals surface area (Å²) in [7, 11) is 0. The van der Waals surface area contributed by atoms with Crippen molar-refractivity contribution in [2.45, 2.75) is 33.1 Å². The van der Waals surface area contributed by atoms with Gasteiger partial charge in [0.25, 0.3) is 0 Å². The van der Waals surface area contributed by atoms with Crippen LogP contribution in [0.4, 0.5) is 0 Å². The first-order valence-electron chi connectivity index (χ1n) is 4.23. The summed E-state index contributed by atoms with van der Waals surface area (Å²) in [6, 6.07) is 0. The molecule has 3 heteroatoms. The van der Waals surface area contributed by atoms with Crippen LogP contribution in [0.1, 0.15) is 33.1 Å². The van der Waals surface area contributed by atoms with Crippen molar-refractivity contribution in [3.05, 3.63) is 12.2 Å². The summed E-state index contributed by atoms with van der Waals surface area (Å²) in [5.41, 5.74) is 0.466. The largest absolute Gasteiger partial charge is 0.368 e. The molecule has 0 saturated heterocycles. The maximum Gasteiger partial charge on any atom is 0.368 e. The molecular weight excluding hydrogens is 156 g/mol. The smallest absolute Gasteiger partial charge is 0.293 e. The van der Waals surface area contributed by atoms with Crippen LogP contribution in [0, 0.1) is 0 Å². The first-order valence-corrected chi connectivity index (χ1v) is 4.23. The molecule has 0 amide bonds. The lowest BCUT2D eigenvalue weighted by molar-refractivity contribution is -0.268. The van der Waals surface area contributed by atoms with Gasteiger partial charge in [0, 0.05) is 5.57 Å². The van der Waals surface area contributed by atoms with Crippen molar-refractivity contribution in [2.24, 2.45) is 0 Å². The summed E-state index contributed by atoms with van der Waals surface area (Å²) in [4.78, 5) is 20.0. The van der Waals surface area contributed by atoms with Crippen molar-refractivity contribution in [2.75, 3.05) is 6.61 Å². The van der Waals surface area contributed by atoms with Crippen LogP contribution >= 0.6 is 0 Å². The molecule has 0 aromatic rings. The van der Waals surface area contributed by atoms with Gasteiger partial charge in [0.1, 0.15) is 0 Å². The average molecular weight is 172 g/mol. The Bertz CT molecular complexity index is 152. The van der Waals surface area contributed by atoms with Gasteiger partial charge in [0.15, 0.2) is 0 Å². The van der Waals surface area contributed by atoms with Gasteiger partial charge in [0.05, 0.1) is 6.61 Å². The highest BCUT2D eigenvalue weighted by Crippen LogP contribution is 2.03. The van der Waals surface area contributed by atoms with Crippen LogP contribution in [-0.4, -0.2) is 12.6 Å². The van der Waals surface area contributed by atoms with Crippen molar-refractivity contribution >= 4 is 5.97 Å². The Morgan fingerprint density at radius 2 is 2.00 bits per heavy atom. The molecule has 0 aromatic carbocycles. The minimum atomic E-state index is -0.453. The van der Waals surface area contributed by atoms with E-state index in [1.165, 1.54) is 0 Å². The first-order chi connectivity index (χ1) is 5.72. The summed E-state index contributed by atoms with van der Waals surface area (Å²) < 4.78 is 0. The highest BCUT2D eigenvalue weighted by Gasteiger charge is 2.07. The van der Waals surface area contributed by atoms with Gasteiger partial charge in [-0.1, -0.05) is 26.8 Å². The molecule has 0 rings (SSSR count). The Morgan fingerprint density at radius 3 is 2.50 bits per heavy atom. The van der Waals surface area contributed by atoms with Crippen LogP contribution in [0.15, 0.2) is 12.2 Å². The monoisotopic (exact) mass is 172 g/mol. The fraction of sp³-hybridized carbons (Fsp3) is 0.667. The number of hydrogen-bond donors (Lipinski definition) is 0. The van der Waals surface area contributed by atoms with Crippen LogP contribution in [0.25, 0.3) is 0 Å². The fourth-order valence-electron chi connectivity index (χ4n) is 0.641. The predicted octanol–water partition coefficient (Wildman–Crippen LogP) is 2.23. The number of carbonyl (C=O) groups excluding carboxylic acids is 1. The SMILES string of the molecule is C=C(CCC)C(=O)OOCCC. The Kier molecular flexibility index (Phi) is 6.38. The Balaban J connectivity index is 3.50. The summed E-state index contributed by atoms with van der Waals surface area (Å²) >= 11 is 0. The third-order valence-corrected chi connectivity index (χ3v) is 1.26. The Hall–Kier alpha value is -0.830. The van der Waals surface area contributed by atoms with Gasteiger partial charge in [-0.15, -0.1) is 0 Å².